The van der Waals surface area contributed by atoms with Gasteiger partial charge in [-0.25, -0.2) is 8.42 Å². The first-order valence-corrected chi connectivity index (χ1v) is 8.99. The summed E-state index contributed by atoms with van der Waals surface area (Å²) in [4.78, 5) is 16.5. The summed E-state index contributed by atoms with van der Waals surface area (Å²) >= 11 is 0. The molecule has 1 aliphatic heterocycles. The number of aromatic nitrogens is 1. The largest absolute Gasteiger partial charge is 0.496 e. The third-order valence-corrected chi connectivity index (χ3v) is 5.74. The molecule has 126 valence electrons. The van der Waals surface area contributed by atoms with Gasteiger partial charge in [0.25, 0.3) is 5.91 Å². The number of ether oxygens (including phenoxy) is 1. The Morgan fingerprint density at radius 1 is 1.33 bits per heavy atom. The van der Waals surface area contributed by atoms with Crippen LogP contribution in [0.1, 0.15) is 28.4 Å². The molecule has 0 unspecified atom stereocenters. The number of nitrogens with one attached hydrogen (secondary N) is 1. The van der Waals surface area contributed by atoms with E-state index in [0.29, 0.717) is 17.7 Å². The van der Waals surface area contributed by atoms with Crippen LogP contribution in [0.15, 0.2) is 41.6 Å². The number of nitrogens with zero attached hydrogens (tertiary/aromatic N) is 1. The van der Waals surface area contributed by atoms with E-state index in [1.807, 2.05) is 0 Å². The van der Waals surface area contributed by atoms with Crippen LogP contribution >= 0.6 is 0 Å². The first kappa shape index (κ1) is 16.4. The second-order valence-electron chi connectivity index (χ2n) is 5.49. The number of nitrogens with two attached hydrogens (primary N) is 1. The SMILES string of the molecule is COc1cc2c(cc1C(=O)Nc1ccncc1)S(=O)(=O)CC[C@H]2N. The summed E-state index contributed by atoms with van der Waals surface area (Å²) in [6.45, 7) is 0. The number of hydrogen-bond donors (Lipinski definition) is 2. The van der Waals surface area contributed by atoms with Gasteiger partial charge in [0.15, 0.2) is 9.84 Å². The van der Waals surface area contributed by atoms with Crippen LogP contribution in [0.3, 0.4) is 0 Å². The molecule has 1 atom stereocenters. The zero-order chi connectivity index (χ0) is 17.3. The molecule has 0 bridgehead atoms. The van der Waals surface area contributed by atoms with Gasteiger partial charge in [-0.05, 0) is 36.2 Å². The molecule has 1 aliphatic rings. The zero-order valence-corrected chi connectivity index (χ0v) is 13.8. The molecule has 7 nitrogen and oxygen atoms in total. The van der Waals surface area contributed by atoms with Crippen LogP contribution in [0, 0.1) is 0 Å². The molecule has 3 N–H and O–H groups in total. The van der Waals surface area contributed by atoms with Crippen molar-refractivity contribution in [1.82, 2.24) is 4.98 Å². The average Bonchev–Trinajstić information content (AvgIpc) is 2.58. The number of anilines is 1. The van der Waals surface area contributed by atoms with Crippen molar-refractivity contribution in [2.75, 3.05) is 18.2 Å². The second kappa shape index (κ2) is 6.21. The highest BCUT2D eigenvalue weighted by atomic mass is 32.2. The number of fused-ring (bicyclic) bond motifs is 1. The smallest absolute Gasteiger partial charge is 0.259 e. The lowest BCUT2D eigenvalue weighted by Gasteiger charge is -2.24. The molecule has 0 radical (unpaired) electrons. The van der Waals surface area contributed by atoms with Crippen LogP contribution in [0.5, 0.6) is 5.75 Å². The van der Waals surface area contributed by atoms with Gasteiger partial charge in [-0.15, -0.1) is 0 Å². The van der Waals surface area contributed by atoms with Crippen LogP contribution in [0.25, 0.3) is 0 Å². The lowest BCUT2D eigenvalue weighted by molar-refractivity contribution is 0.102. The van der Waals surface area contributed by atoms with Crippen LogP contribution in [0.4, 0.5) is 5.69 Å². The lowest BCUT2D eigenvalue weighted by Crippen LogP contribution is -2.26. The summed E-state index contributed by atoms with van der Waals surface area (Å²) < 4.78 is 29.9. The summed E-state index contributed by atoms with van der Waals surface area (Å²) in [6, 6.07) is 5.76. The van der Waals surface area contributed by atoms with E-state index in [-0.39, 0.29) is 22.0 Å². The van der Waals surface area contributed by atoms with Crippen molar-refractivity contribution in [3.05, 3.63) is 47.8 Å². The standard InChI is InChI=1S/C16H17N3O4S/c1-23-14-8-11-13(17)4-7-24(21,22)15(11)9-12(14)16(20)19-10-2-5-18-6-3-10/h2-3,5-6,8-9,13H,4,7,17H2,1H3,(H,18,19,20)/t13-/m1/s1. The van der Waals surface area contributed by atoms with Gasteiger partial charge < -0.3 is 15.8 Å². The van der Waals surface area contributed by atoms with Gasteiger partial charge in [0.2, 0.25) is 0 Å². The number of amides is 1. The number of rotatable bonds is 3. The Hall–Kier alpha value is -2.45. The quantitative estimate of drug-likeness (QED) is 0.871. The van der Waals surface area contributed by atoms with Crippen molar-refractivity contribution in [2.45, 2.75) is 17.4 Å². The fourth-order valence-corrected chi connectivity index (χ4v) is 4.31. The first-order valence-electron chi connectivity index (χ1n) is 7.34. The molecule has 0 fully saturated rings. The maximum atomic E-state index is 12.5. The molecule has 1 aromatic heterocycles. The number of hydrogen-bond acceptors (Lipinski definition) is 6. The topological polar surface area (TPSA) is 111 Å². The van der Waals surface area contributed by atoms with Gasteiger partial charge in [-0.3, -0.25) is 9.78 Å². The summed E-state index contributed by atoms with van der Waals surface area (Å²) in [5.74, 6) is -0.207. The Morgan fingerprint density at radius 2 is 2.04 bits per heavy atom. The van der Waals surface area contributed by atoms with E-state index < -0.39 is 21.8 Å². The molecule has 0 aliphatic carbocycles. The number of pyridine rings is 1. The van der Waals surface area contributed by atoms with Crippen LogP contribution in [0.2, 0.25) is 0 Å². The Balaban J connectivity index is 2.06. The molecule has 3 rings (SSSR count). The molecular weight excluding hydrogens is 330 g/mol. The highest BCUT2D eigenvalue weighted by molar-refractivity contribution is 7.91. The van der Waals surface area contributed by atoms with Crippen molar-refractivity contribution in [3.8, 4) is 5.75 Å². The summed E-state index contributed by atoms with van der Waals surface area (Å²) in [5, 5.41) is 2.69. The van der Waals surface area contributed by atoms with Crippen molar-refractivity contribution < 1.29 is 17.9 Å². The molecule has 2 heterocycles. The molecule has 1 aromatic carbocycles. The lowest BCUT2D eigenvalue weighted by atomic mass is 10.0. The third kappa shape index (κ3) is 2.98. The molecule has 0 spiro atoms. The van der Waals surface area contributed by atoms with Gasteiger partial charge in [-0.1, -0.05) is 0 Å². The van der Waals surface area contributed by atoms with Crippen LogP contribution in [-0.2, 0) is 9.84 Å². The van der Waals surface area contributed by atoms with Crippen LogP contribution < -0.4 is 15.8 Å². The van der Waals surface area contributed by atoms with E-state index in [2.05, 4.69) is 10.3 Å². The van der Waals surface area contributed by atoms with E-state index in [4.69, 9.17) is 10.5 Å². The highest BCUT2D eigenvalue weighted by Crippen LogP contribution is 2.35. The molecule has 2 aromatic rings. The Bertz CT molecular complexity index is 882. The van der Waals surface area contributed by atoms with Gasteiger partial charge in [0.1, 0.15) is 5.75 Å². The number of carbonyl (C=O) groups is 1. The van der Waals surface area contributed by atoms with Crippen molar-refractivity contribution in [3.63, 3.8) is 0 Å². The molecule has 1 amide bonds. The van der Waals surface area contributed by atoms with E-state index in [0.717, 1.165) is 0 Å². The minimum Gasteiger partial charge on any atom is -0.496 e. The number of sulfone groups is 1. The van der Waals surface area contributed by atoms with Gasteiger partial charge in [0.05, 0.1) is 23.3 Å². The van der Waals surface area contributed by atoms with Crippen LogP contribution in [-0.4, -0.2) is 32.2 Å². The predicted molar refractivity (Wildman–Crippen MR) is 88.8 cm³/mol. The fourth-order valence-electron chi connectivity index (χ4n) is 2.66. The van der Waals surface area contributed by atoms with Gasteiger partial charge in [-0.2, -0.15) is 0 Å². The number of methoxy groups -OCH3 is 1. The first-order chi connectivity index (χ1) is 11.4. The molecule has 24 heavy (non-hydrogen) atoms. The number of carbonyl (C=O) groups excluding carboxylic acids is 1. The van der Waals surface area contributed by atoms with E-state index in [1.54, 1.807) is 24.5 Å². The minimum absolute atomic E-state index is 0.0289. The van der Waals surface area contributed by atoms with E-state index >= 15 is 0 Å². The summed E-state index contributed by atoms with van der Waals surface area (Å²) in [6.07, 6.45) is 3.44. The summed E-state index contributed by atoms with van der Waals surface area (Å²) in [7, 11) is -2.03. The van der Waals surface area contributed by atoms with Crippen molar-refractivity contribution >= 4 is 21.4 Å². The maximum absolute atomic E-state index is 12.5. The highest BCUT2D eigenvalue weighted by Gasteiger charge is 2.31. The minimum atomic E-state index is -3.45. The normalized spacial score (nSPS) is 18.5. The molecular formula is C16H17N3O4S. The second-order valence-corrected chi connectivity index (χ2v) is 7.57. The molecule has 8 heteroatoms. The molecule has 0 saturated carbocycles. The summed E-state index contributed by atoms with van der Waals surface area (Å²) in [5.41, 5.74) is 7.19. The predicted octanol–water partition coefficient (Wildman–Crippen LogP) is 1.52. The number of benzene rings is 1. The Labute approximate surface area is 139 Å². The third-order valence-electron chi connectivity index (χ3n) is 3.95. The van der Waals surface area contributed by atoms with Crippen molar-refractivity contribution in [2.24, 2.45) is 5.73 Å². The monoisotopic (exact) mass is 347 g/mol. The van der Waals surface area contributed by atoms with Gasteiger partial charge in [0, 0.05) is 24.1 Å². The fraction of sp³-hybridized carbons (Fsp3) is 0.250. The Morgan fingerprint density at radius 3 is 2.71 bits per heavy atom. The molecule has 0 saturated heterocycles. The van der Waals surface area contributed by atoms with E-state index in [1.165, 1.54) is 19.2 Å². The van der Waals surface area contributed by atoms with Gasteiger partial charge >= 0.3 is 0 Å². The van der Waals surface area contributed by atoms with Crippen molar-refractivity contribution in [1.29, 1.82) is 0 Å². The zero-order valence-electron chi connectivity index (χ0n) is 13.0. The maximum Gasteiger partial charge on any atom is 0.259 e. The Kier molecular flexibility index (Phi) is 4.25. The van der Waals surface area contributed by atoms with E-state index in [9.17, 15) is 13.2 Å². The average molecular weight is 347 g/mol.